The normalized spacial score (nSPS) is 12.7. The SMILES string of the molecule is FC(F)(F)O[P+](c1ccco1)(c1ccco1)c1ccco1. The van der Waals surface area contributed by atoms with E-state index in [1.54, 1.807) is 0 Å². The van der Waals surface area contributed by atoms with Gasteiger partial charge in [0.2, 0.25) is 0 Å². The summed E-state index contributed by atoms with van der Waals surface area (Å²) in [6, 6.07) is 8.67. The lowest BCUT2D eigenvalue weighted by atomic mass is 10.7. The first-order valence-electron chi connectivity index (χ1n) is 5.81. The Morgan fingerprint density at radius 2 is 1.14 bits per heavy atom. The van der Waals surface area contributed by atoms with Crippen LogP contribution in [-0.2, 0) is 4.52 Å². The van der Waals surface area contributed by atoms with Crippen molar-refractivity contribution in [2.24, 2.45) is 0 Å². The van der Waals surface area contributed by atoms with Crippen LogP contribution in [0.2, 0.25) is 0 Å². The first-order chi connectivity index (χ1) is 10.0. The summed E-state index contributed by atoms with van der Waals surface area (Å²) in [5.41, 5.74) is 0.0131. The standard InChI is InChI=1S/C13H9F3O4P/c14-13(15,16)20-21(10-4-1-7-17-10,11-5-2-8-18-11)12-6-3-9-19-12/h1-9H/q+1. The first-order valence-corrected chi connectivity index (χ1v) is 7.52. The van der Waals surface area contributed by atoms with E-state index in [9.17, 15) is 13.2 Å². The van der Waals surface area contributed by atoms with Gasteiger partial charge in [-0.1, -0.05) is 0 Å². The lowest BCUT2D eigenvalue weighted by molar-refractivity contribution is -0.271. The molecule has 0 amide bonds. The van der Waals surface area contributed by atoms with Crippen LogP contribution in [0, 0.1) is 0 Å². The van der Waals surface area contributed by atoms with Crippen LogP contribution in [0.25, 0.3) is 0 Å². The lowest BCUT2D eigenvalue weighted by Gasteiger charge is -2.18. The van der Waals surface area contributed by atoms with Gasteiger partial charge in [0.05, 0.1) is 18.8 Å². The Morgan fingerprint density at radius 3 is 1.38 bits per heavy atom. The summed E-state index contributed by atoms with van der Waals surface area (Å²) in [7, 11) is -3.66. The summed E-state index contributed by atoms with van der Waals surface area (Å²) >= 11 is 0. The number of hydrogen-bond acceptors (Lipinski definition) is 4. The van der Waals surface area contributed by atoms with Crippen molar-refractivity contribution in [1.29, 1.82) is 0 Å². The van der Waals surface area contributed by atoms with Crippen LogP contribution in [-0.4, -0.2) is 6.36 Å². The molecule has 0 aliphatic rings. The van der Waals surface area contributed by atoms with Gasteiger partial charge >= 0.3 is 13.9 Å². The zero-order valence-corrected chi connectivity index (χ0v) is 11.3. The summed E-state index contributed by atoms with van der Waals surface area (Å²) < 4.78 is 59.1. The first kappa shape index (κ1) is 14.0. The molecule has 0 saturated carbocycles. The van der Waals surface area contributed by atoms with Crippen molar-refractivity contribution in [3.8, 4) is 0 Å². The highest BCUT2D eigenvalue weighted by atomic mass is 31.2. The van der Waals surface area contributed by atoms with Gasteiger partial charge in [0.25, 0.3) is 16.5 Å². The van der Waals surface area contributed by atoms with Gasteiger partial charge < -0.3 is 13.3 Å². The fourth-order valence-corrected chi connectivity index (χ4v) is 4.71. The molecule has 3 aromatic heterocycles. The number of furan rings is 3. The molecule has 0 unspecified atom stereocenters. The Morgan fingerprint density at radius 1 is 0.762 bits per heavy atom. The lowest BCUT2D eigenvalue weighted by Crippen LogP contribution is -2.34. The van der Waals surface area contributed by atoms with E-state index in [1.807, 2.05) is 0 Å². The molecule has 3 heterocycles. The second kappa shape index (κ2) is 5.09. The molecule has 3 rings (SSSR count). The van der Waals surface area contributed by atoms with Gasteiger partial charge in [0.15, 0.2) is 0 Å². The highest BCUT2D eigenvalue weighted by Gasteiger charge is 2.64. The molecule has 3 aromatic rings. The molecule has 0 aliphatic carbocycles. The van der Waals surface area contributed by atoms with Crippen LogP contribution >= 0.6 is 7.49 Å². The molecule has 110 valence electrons. The third-order valence-corrected chi connectivity index (χ3v) is 5.80. The summed E-state index contributed by atoms with van der Waals surface area (Å²) in [5.74, 6) is 0. The average Bonchev–Trinajstić information content (AvgIpc) is 3.15. The second-order valence-corrected chi connectivity index (χ2v) is 6.72. The minimum Gasteiger partial charge on any atom is -0.432 e. The Labute approximate surface area is 117 Å². The van der Waals surface area contributed by atoms with Gasteiger partial charge in [-0.2, -0.15) is 0 Å². The van der Waals surface area contributed by atoms with Crippen molar-refractivity contribution in [1.82, 2.24) is 0 Å². The molecule has 4 nitrogen and oxygen atoms in total. The molecule has 21 heavy (non-hydrogen) atoms. The average molecular weight is 317 g/mol. The van der Waals surface area contributed by atoms with Crippen molar-refractivity contribution in [2.45, 2.75) is 6.36 Å². The van der Waals surface area contributed by atoms with Gasteiger partial charge in [-0.15, -0.1) is 17.7 Å². The summed E-state index contributed by atoms with van der Waals surface area (Å²) in [6.07, 6.45) is -1.07. The largest absolute Gasteiger partial charge is 0.557 e. The number of rotatable bonds is 4. The second-order valence-electron chi connectivity index (χ2n) is 4.00. The van der Waals surface area contributed by atoms with E-state index in [4.69, 9.17) is 13.3 Å². The topological polar surface area (TPSA) is 48.7 Å². The van der Waals surface area contributed by atoms with Crippen molar-refractivity contribution < 1.29 is 30.9 Å². The molecular weight excluding hydrogens is 308 g/mol. The molecule has 0 saturated heterocycles. The third-order valence-electron chi connectivity index (χ3n) is 2.69. The molecule has 0 aromatic carbocycles. The molecule has 8 heteroatoms. The van der Waals surface area contributed by atoms with Crippen molar-refractivity contribution >= 4 is 24.0 Å². The maximum Gasteiger partial charge on any atom is 0.557 e. The van der Waals surface area contributed by atoms with Crippen LogP contribution in [0.15, 0.2) is 68.4 Å². The summed E-state index contributed by atoms with van der Waals surface area (Å²) in [5, 5.41) is 0. The fourth-order valence-electron chi connectivity index (χ4n) is 1.96. The van der Waals surface area contributed by atoms with E-state index < -0.39 is 13.9 Å². The molecule has 0 bridgehead atoms. The van der Waals surface area contributed by atoms with Crippen LogP contribution in [0.4, 0.5) is 13.2 Å². The number of alkyl halides is 3. The minimum absolute atomic E-state index is 0.00438. The van der Waals surface area contributed by atoms with E-state index >= 15 is 0 Å². The maximum absolute atomic E-state index is 13.0. The zero-order chi connectivity index (χ0) is 14.9. The number of halogens is 3. The van der Waals surface area contributed by atoms with Crippen molar-refractivity contribution in [2.75, 3.05) is 0 Å². The van der Waals surface area contributed by atoms with E-state index in [0.29, 0.717) is 0 Å². The van der Waals surface area contributed by atoms with Crippen molar-refractivity contribution in [3.05, 3.63) is 55.2 Å². The van der Waals surface area contributed by atoms with E-state index in [0.717, 1.165) is 0 Å². The van der Waals surface area contributed by atoms with Crippen LogP contribution in [0.1, 0.15) is 0 Å². The van der Waals surface area contributed by atoms with E-state index in [2.05, 4.69) is 4.52 Å². The highest BCUT2D eigenvalue weighted by Crippen LogP contribution is 2.60. The predicted octanol–water partition coefficient (Wildman–Crippen LogP) is 3.21. The highest BCUT2D eigenvalue weighted by molar-refractivity contribution is 7.90. The fraction of sp³-hybridized carbons (Fsp3) is 0.0769. The van der Waals surface area contributed by atoms with Crippen LogP contribution < -0.4 is 16.5 Å². The predicted molar refractivity (Wildman–Crippen MR) is 69.1 cm³/mol. The van der Waals surface area contributed by atoms with E-state index in [-0.39, 0.29) is 16.5 Å². The molecule has 0 fully saturated rings. The monoisotopic (exact) mass is 317 g/mol. The Kier molecular flexibility index (Phi) is 3.39. The van der Waals surface area contributed by atoms with Crippen LogP contribution in [0.3, 0.4) is 0 Å². The van der Waals surface area contributed by atoms with Gasteiger partial charge in [-0.05, 0) is 18.2 Å². The van der Waals surface area contributed by atoms with Gasteiger partial charge in [-0.25, -0.2) is 0 Å². The van der Waals surface area contributed by atoms with Gasteiger partial charge in [-0.3, -0.25) is 0 Å². The Bertz CT molecular complexity index is 587. The molecule has 0 atom stereocenters. The number of hydrogen-bond donors (Lipinski definition) is 0. The third kappa shape index (κ3) is 2.50. The summed E-state index contributed by atoms with van der Waals surface area (Å²) in [4.78, 5) is 0. The minimum atomic E-state index is -4.89. The summed E-state index contributed by atoms with van der Waals surface area (Å²) in [6.45, 7) is 0. The van der Waals surface area contributed by atoms with Crippen LogP contribution in [0.5, 0.6) is 0 Å². The molecule has 0 spiro atoms. The van der Waals surface area contributed by atoms with Crippen molar-refractivity contribution in [3.63, 3.8) is 0 Å². The van der Waals surface area contributed by atoms with Gasteiger partial charge in [0.1, 0.15) is 0 Å². The van der Waals surface area contributed by atoms with Gasteiger partial charge in [0, 0.05) is 18.2 Å². The molecule has 0 N–H and O–H groups in total. The molecule has 0 aliphatic heterocycles. The maximum atomic E-state index is 13.0. The van der Waals surface area contributed by atoms with E-state index in [1.165, 1.54) is 55.2 Å². The Balaban J connectivity index is 2.26. The molecule has 0 radical (unpaired) electrons. The quantitative estimate of drug-likeness (QED) is 0.693. The Hall–Kier alpha value is -1.98. The zero-order valence-electron chi connectivity index (χ0n) is 10.4. The smallest absolute Gasteiger partial charge is 0.432 e. The molecular formula is C13H9F3O4P+.